The lowest BCUT2D eigenvalue weighted by molar-refractivity contribution is 0.202. The van der Waals surface area contributed by atoms with Gasteiger partial charge in [-0.2, -0.15) is 0 Å². The highest BCUT2D eigenvalue weighted by atomic mass is 19.1. The van der Waals surface area contributed by atoms with Crippen molar-refractivity contribution in [3.63, 3.8) is 0 Å². The highest BCUT2D eigenvalue weighted by Gasteiger charge is 2.24. The lowest BCUT2D eigenvalue weighted by Crippen LogP contribution is -2.38. The van der Waals surface area contributed by atoms with Crippen LogP contribution in [0, 0.1) is 5.82 Å². The van der Waals surface area contributed by atoms with E-state index in [0.717, 1.165) is 0 Å². The quantitative estimate of drug-likeness (QED) is 0.674. The van der Waals surface area contributed by atoms with Crippen LogP contribution in [0.4, 0.5) is 4.39 Å². The molecule has 1 aromatic rings. The average molecular weight is 170 g/mol. The Morgan fingerprint density at radius 1 is 1.75 bits per heavy atom. The van der Waals surface area contributed by atoms with Crippen LogP contribution in [0.2, 0.25) is 0 Å². The van der Waals surface area contributed by atoms with Crippen molar-refractivity contribution in [3.05, 3.63) is 29.8 Å². The molecule has 12 heavy (non-hydrogen) atoms. The molecule has 1 unspecified atom stereocenters. The van der Waals surface area contributed by atoms with Crippen LogP contribution in [0.5, 0.6) is 0 Å². The van der Waals surface area contributed by atoms with Crippen LogP contribution in [0.25, 0.3) is 0 Å². The second-order valence-electron chi connectivity index (χ2n) is 2.91. The van der Waals surface area contributed by atoms with Crippen molar-refractivity contribution in [2.75, 3.05) is 6.61 Å². The van der Waals surface area contributed by atoms with Gasteiger partial charge < -0.3 is 10.8 Å². The summed E-state index contributed by atoms with van der Waals surface area (Å²) < 4.78 is 13.0. The molecule has 0 saturated carbocycles. The number of aliphatic hydroxyl groups excluding tert-OH is 1. The summed E-state index contributed by atoms with van der Waals surface area (Å²) in [5.74, 6) is -0.489. The number of aromatic nitrogens is 1. The molecular weight excluding hydrogens is 159 g/mol. The van der Waals surface area contributed by atoms with Crippen molar-refractivity contribution >= 4 is 0 Å². The Balaban J connectivity index is 3.10. The molecule has 4 heteroatoms. The minimum Gasteiger partial charge on any atom is -0.394 e. The molecule has 0 saturated heterocycles. The lowest BCUT2D eigenvalue weighted by atomic mass is 9.99. The Kier molecular flexibility index (Phi) is 2.40. The number of nitrogens with zero attached hydrogens (tertiary/aromatic N) is 1. The Morgan fingerprint density at radius 3 is 2.92 bits per heavy atom. The summed E-state index contributed by atoms with van der Waals surface area (Å²) in [6.45, 7) is 1.19. The van der Waals surface area contributed by atoms with Gasteiger partial charge in [-0.25, -0.2) is 4.39 Å². The average Bonchev–Trinajstić information content (AvgIpc) is 2.05. The van der Waals surface area contributed by atoms with Gasteiger partial charge in [-0.05, 0) is 19.1 Å². The fourth-order valence-electron chi connectivity index (χ4n) is 0.881. The van der Waals surface area contributed by atoms with Gasteiger partial charge in [-0.15, -0.1) is 0 Å². The zero-order valence-corrected chi connectivity index (χ0v) is 6.79. The number of hydrogen-bond donors (Lipinski definition) is 2. The minimum atomic E-state index is -1.11. The first-order chi connectivity index (χ1) is 5.58. The zero-order chi connectivity index (χ0) is 9.19. The Labute approximate surface area is 70.0 Å². The molecule has 0 amide bonds. The van der Waals surface area contributed by atoms with Crippen LogP contribution in [0.15, 0.2) is 18.3 Å². The van der Waals surface area contributed by atoms with Crippen molar-refractivity contribution < 1.29 is 9.50 Å². The van der Waals surface area contributed by atoms with Crippen LogP contribution in [0.1, 0.15) is 12.6 Å². The van der Waals surface area contributed by atoms with Crippen LogP contribution < -0.4 is 5.73 Å². The van der Waals surface area contributed by atoms with Crippen molar-refractivity contribution in [1.82, 2.24) is 4.98 Å². The number of halogens is 1. The van der Waals surface area contributed by atoms with Crippen molar-refractivity contribution in [2.24, 2.45) is 5.73 Å². The molecule has 3 nitrogen and oxygen atoms in total. The van der Waals surface area contributed by atoms with E-state index in [-0.39, 0.29) is 12.3 Å². The van der Waals surface area contributed by atoms with Gasteiger partial charge in [0.15, 0.2) is 0 Å². The highest BCUT2D eigenvalue weighted by molar-refractivity contribution is 5.16. The lowest BCUT2D eigenvalue weighted by Gasteiger charge is -2.20. The van der Waals surface area contributed by atoms with Gasteiger partial charge in [0.05, 0.1) is 17.8 Å². The first kappa shape index (κ1) is 9.09. The molecule has 1 heterocycles. The highest BCUT2D eigenvalue weighted by Crippen LogP contribution is 2.16. The number of pyridine rings is 1. The fourth-order valence-corrected chi connectivity index (χ4v) is 0.881. The smallest absolute Gasteiger partial charge is 0.146 e. The molecule has 0 aromatic carbocycles. The summed E-state index contributed by atoms with van der Waals surface area (Å²) >= 11 is 0. The maximum absolute atomic E-state index is 13.0. The number of aliphatic hydroxyl groups is 1. The minimum absolute atomic E-state index is 0.0903. The summed E-state index contributed by atoms with van der Waals surface area (Å²) in [5.41, 5.74) is 4.57. The van der Waals surface area contributed by atoms with Crippen molar-refractivity contribution in [3.8, 4) is 0 Å². The molecule has 66 valence electrons. The second-order valence-corrected chi connectivity index (χ2v) is 2.91. The van der Waals surface area contributed by atoms with E-state index in [0.29, 0.717) is 0 Å². The molecule has 0 spiro atoms. The van der Waals surface area contributed by atoms with Gasteiger partial charge in [0.25, 0.3) is 0 Å². The molecule has 1 atom stereocenters. The SMILES string of the molecule is CC(N)(CO)c1ncccc1F. The first-order valence-electron chi connectivity index (χ1n) is 3.58. The Bertz CT molecular complexity index is 276. The van der Waals surface area contributed by atoms with Gasteiger partial charge in [-0.1, -0.05) is 0 Å². The van der Waals surface area contributed by atoms with Crippen molar-refractivity contribution in [1.29, 1.82) is 0 Å². The van der Waals surface area contributed by atoms with E-state index in [9.17, 15) is 4.39 Å². The van der Waals surface area contributed by atoms with Gasteiger partial charge >= 0.3 is 0 Å². The van der Waals surface area contributed by atoms with Gasteiger partial charge in [-0.3, -0.25) is 4.98 Å². The maximum atomic E-state index is 13.0. The Morgan fingerprint density at radius 2 is 2.42 bits per heavy atom. The van der Waals surface area contributed by atoms with E-state index in [1.807, 2.05) is 0 Å². The molecule has 1 aromatic heterocycles. The molecular formula is C8H11FN2O. The normalized spacial score (nSPS) is 15.7. The number of rotatable bonds is 2. The second kappa shape index (κ2) is 3.16. The van der Waals surface area contributed by atoms with Crippen LogP contribution >= 0.6 is 0 Å². The van der Waals surface area contributed by atoms with E-state index in [4.69, 9.17) is 10.8 Å². The van der Waals surface area contributed by atoms with Gasteiger partial charge in [0, 0.05) is 6.20 Å². The van der Waals surface area contributed by atoms with E-state index in [2.05, 4.69) is 4.98 Å². The standard InChI is InChI=1S/C8H11FN2O/c1-8(10,5-12)7-6(9)3-2-4-11-7/h2-4,12H,5,10H2,1H3. The number of hydrogen-bond acceptors (Lipinski definition) is 3. The van der Waals surface area contributed by atoms with E-state index in [1.54, 1.807) is 0 Å². The molecule has 0 aliphatic rings. The fraction of sp³-hybridized carbons (Fsp3) is 0.375. The maximum Gasteiger partial charge on any atom is 0.146 e. The first-order valence-corrected chi connectivity index (χ1v) is 3.58. The van der Waals surface area contributed by atoms with E-state index < -0.39 is 11.4 Å². The summed E-state index contributed by atoms with van der Waals surface area (Å²) in [6, 6.07) is 2.75. The predicted octanol–water partition coefficient (Wildman–Crippen LogP) is 0.387. The molecule has 0 aliphatic carbocycles. The zero-order valence-electron chi connectivity index (χ0n) is 6.79. The molecule has 3 N–H and O–H groups in total. The summed E-state index contributed by atoms with van der Waals surface area (Å²) in [7, 11) is 0. The van der Waals surface area contributed by atoms with Crippen molar-refractivity contribution in [2.45, 2.75) is 12.5 Å². The molecule has 0 bridgehead atoms. The summed E-state index contributed by atoms with van der Waals surface area (Å²) in [4.78, 5) is 3.76. The monoisotopic (exact) mass is 170 g/mol. The van der Waals surface area contributed by atoms with Crippen LogP contribution in [0.3, 0.4) is 0 Å². The van der Waals surface area contributed by atoms with E-state index in [1.165, 1.54) is 25.3 Å². The van der Waals surface area contributed by atoms with Crippen LogP contribution in [-0.4, -0.2) is 16.7 Å². The number of nitrogens with two attached hydrogens (primary N) is 1. The third-order valence-corrected chi connectivity index (χ3v) is 1.63. The van der Waals surface area contributed by atoms with Gasteiger partial charge in [0.2, 0.25) is 0 Å². The largest absolute Gasteiger partial charge is 0.394 e. The summed E-state index contributed by atoms with van der Waals surface area (Å²) in [5, 5.41) is 8.84. The van der Waals surface area contributed by atoms with Gasteiger partial charge in [0.1, 0.15) is 5.82 Å². The molecule has 0 fully saturated rings. The van der Waals surface area contributed by atoms with Crippen LogP contribution in [-0.2, 0) is 5.54 Å². The third-order valence-electron chi connectivity index (χ3n) is 1.63. The predicted molar refractivity (Wildman–Crippen MR) is 42.8 cm³/mol. The topological polar surface area (TPSA) is 59.1 Å². The Hall–Kier alpha value is -1.00. The third kappa shape index (κ3) is 1.60. The molecule has 0 aliphatic heterocycles. The molecule has 1 rings (SSSR count). The summed E-state index contributed by atoms with van der Waals surface area (Å²) in [6.07, 6.45) is 1.44. The molecule has 0 radical (unpaired) electrons. The van der Waals surface area contributed by atoms with E-state index >= 15 is 0 Å².